The zero-order chi connectivity index (χ0) is 21.0. The van der Waals surface area contributed by atoms with Crippen molar-refractivity contribution in [1.29, 1.82) is 0 Å². The van der Waals surface area contributed by atoms with Crippen LogP contribution < -0.4 is 4.80 Å². The van der Waals surface area contributed by atoms with Crippen molar-refractivity contribution in [3.8, 4) is 0 Å². The number of nitrogens with zero attached hydrogens (tertiary/aromatic N) is 2. The van der Waals surface area contributed by atoms with E-state index in [4.69, 9.17) is 4.74 Å². The molecule has 1 heterocycles. The number of para-hydroxylation sites is 1. The number of aromatic nitrogens is 1. The van der Waals surface area contributed by atoms with E-state index in [1.807, 2.05) is 28.8 Å². The molecule has 8 heteroatoms. The van der Waals surface area contributed by atoms with E-state index in [-0.39, 0.29) is 17.2 Å². The number of rotatable bonds is 7. The predicted molar refractivity (Wildman–Crippen MR) is 115 cm³/mol. The minimum Gasteiger partial charge on any atom is -0.383 e. The molecule has 6 nitrogen and oxygen atoms in total. The molecule has 3 rings (SSSR count). The number of fused-ring (bicyclic) bond motifs is 1. The van der Waals surface area contributed by atoms with Crippen molar-refractivity contribution in [2.45, 2.75) is 37.0 Å². The highest BCUT2D eigenvalue weighted by molar-refractivity contribution is 7.92. The van der Waals surface area contributed by atoms with Gasteiger partial charge >= 0.3 is 0 Å². The molecular weight excluding hydrogens is 408 g/mol. The van der Waals surface area contributed by atoms with Crippen LogP contribution in [0.2, 0.25) is 0 Å². The van der Waals surface area contributed by atoms with Gasteiger partial charge in [0.2, 0.25) is 0 Å². The van der Waals surface area contributed by atoms with Crippen molar-refractivity contribution in [1.82, 2.24) is 4.57 Å². The van der Waals surface area contributed by atoms with Crippen molar-refractivity contribution >= 4 is 37.3 Å². The Balaban J connectivity index is 1.86. The molecule has 0 fully saturated rings. The third-order valence-corrected chi connectivity index (χ3v) is 7.79. The molecule has 0 radical (unpaired) electrons. The molecule has 1 amide bonds. The summed E-state index contributed by atoms with van der Waals surface area (Å²) in [7, 11) is -1.68. The molecular formula is C21H24N2O4S2. The van der Waals surface area contributed by atoms with Crippen LogP contribution in [-0.4, -0.2) is 37.9 Å². The molecule has 0 spiro atoms. The molecule has 0 saturated heterocycles. The second-order valence-corrected chi connectivity index (χ2v) is 10.4. The monoisotopic (exact) mass is 432 g/mol. The lowest BCUT2D eigenvalue weighted by Gasteiger charge is -2.08. The third kappa shape index (κ3) is 4.83. The second kappa shape index (κ2) is 9.02. The van der Waals surface area contributed by atoms with Crippen LogP contribution in [0.1, 0.15) is 19.4 Å². The van der Waals surface area contributed by atoms with Crippen LogP contribution in [0, 0.1) is 0 Å². The van der Waals surface area contributed by atoms with E-state index in [1.54, 1.807) is 45.2 Å². The topological polar surface area (TPSA) is 77.7 Å². The van der Waals surface area contributed by atoms with Gasteiger partial charge in [0, 0.05) is 13.7 Å². The number of methoxy groups -OCH3 is 1. The predicted octanol–water partition coefficient (Wildman–Crippen LogP) is 3.20. The fraction of sp³-hybridized carbons (Fsp3) is 0.333. The highest BCUT2D eigenvalue weighted by Gasteiger charge is 2.18. The number of sulfone groups is 1. The summed E-state index contributed by atoms with van der Waals surface area (Å²) in [5.41, 5.74) is 1.75. The van der Waals surface area contributed by atoms with Gasteiger partial charge in [0.15, 0.2) is 14.6 Å². The fourth-order valence-electron chi connectivity index (χ4n) is 2.89. The van der Waals surface area contributed by atoms with E-state index in [9.17, 15) is 13.2 Å². The Morgan fingerprint density at radius 2 is 1.83 bits per heavy atom. The standard InChI is InChI=1S/C21H24N2O4S2/c1-15(2)29(25,26)17-10-8-16(9-11-17)14-20(24)22-21-23(12-13-27-3)18-6-4-5-7-19(18)28-21/h4-11,15H,12-14H2,1-3H3. The van der Waals surface area contributed by atoms with Gasteiger partial charge in [-0.3, -0.25) is 4.79 Å². The first-order valence-corrected chi connectivity index (χ1v) is 11.7. The molecule has 0 saturated carbocycles. The summed E-state index contributed by atoms with van der Waals surface area (Å²) < 4.78 is 32.7. The van der Waals surface area contributed by atoms with Gasteiger partial charge in [-0.25, -0.2) is 8.42 Å². The van der Waals surface area contributed by atoms with Gasteiger partial charge in [0.05, 0.1) is 33.4 Å². The number of hydrogen-bond donors (Lipinski definition) is 0. The molecule has 154 valence electrons. The van der Waals surface area contributed by atoms with E-state index in [1.165, 1.54) is 11.3 Å². The van der Waals surface area contributed by atoms with Gasteiger partial charge in [-0.1, -0.05) is 35.6 Å². The lowest BCUT2D eigenvalue weighted by molar-refractivity contribution is -0.117. The lowest BCUT2D eigenvalue weighted by Crippen LogP contribution is -2.19. The summed E-state index contributed by atoms with van der Waals surface area (Å²) in [6.45, 7) is 4.42. The first-order valence-electron chi connectivity index (χ1n) is 9.30. The van der Waals surface area contributed by atoms with E-state index in [0.717, 1.165) is 15.8 Å². The number of carbonyl (C=O) groups excluding carboxylic acids is 1. The number of ether oxygens (including phenoxy) is 1. The SMILES string of the molecule is COCCn1c(=NC(=O)Cc2ccc(S(=O)(=O)C(C)C)cc2)sc2ccccc21. The van der Waals surface area contributed by atoms with Crippen molar-refractivity contribution in [3.05, 3.63) is 58.9 Å². The highest BCUT2D eigenvalue weighted by Crippen LogP contribution is 2.18. The molecule has 0 atom stereocenters. The number of benzene rings is 2. The quantitative estimate of drug-likeness (QED) is 0.574. The molecule has 29 heavy (non-hydrogen) atoms. The van der Waals surface area contributed by atoms with Gasteiger partial charge in [0.1, 0.15) is 0 Å². The second-order valence-electron chi connectivity index (χ2n) is 6.92. The van der Waals surface area contributed by atoms with E-state index in [2.05, 4.69) is 4.99 Å². The fourth-order valence-corrected chi connectivity index (χ4v) is 5.03. The maximum Gasteiger partial charge on any atom is 0.252 e. The van der Waals surface area contributed by atoms with Crippen molar-refractivity contribution < 1.29 is 17.9 Å². The van der Waals surface area contributed by atoms with Crippen LogP contribution in [0.25, 0.3) is 10.2 Å². The molecule has 0 aliphatic rings. The van der Waals surface area contributed by atoms with Gasteiger partial charge in [-0.2, -0.15) is 4.99 Å². The Morgan fingerprint density at radius 1 is 1.14 bits per heavy atom. The Morgan fingerprint density at radius 3 is 2.48 bits per heavy atom. The smallest absolute Gasteiger partial charge is 0.252 e. The normalized spacial score (nSPS) is 12.8. The molecule has 0 unspecified atom stereocenters. The summed E-state index contributed by atoms with van der Waals surface area (Å²) in [4.78, 5) is 17.8. The Labute approximate surface area is 174 Å². The number of hydrogen-bond acceptors (Lipinski definition) is 5. The first kappa shape index (κ1) is 21.4. The highest BCUT2D eigenvalue weighted by atomic mass is 32.2. The van der Waals surface area contributed by atoms with Gasteiger partial charge in [0.25, 0.3) is 5.91 Å². The van der Waals surface area contributed by atoms with Crippen LogP contribution in [-0.2, 0) is 32.3 Å². The summed E-state index contributed by atoms with van der Waals surface area (Å²) in [5, 5.41) is -0.486. The summed E-state index contributed by atoms with van der Waals surface area (Å²) in [6.07, 6.45) is 0.112. The molecule has 1 aromatic heterocycles. The molecule has 0 aliphatic heterocycles. The molecule has 0 aliphatic carbocycles. The van der Waals surface area contributed by atoms with Gasteiger partial charge in [-0.15, -0.1) is 0 Å². The van der Waals surface area contributed by atoms with Crippen molar-refractivity contribution in [3.63, 3.8) is 0 Å². The minimum absolute atomic E-state index is 0.112. The Bertz CT molecular complexity index is 1170. The average Bonchev–Trinajstić information content (AvgIpc) is 3.03. The zero-order valence-electron chi connectivity index (χ0n) is 16.7. The maximum absolute atomic E-state index is 12.6. The van der Waals surface area contributed by atoms with Crippen LogP contribution in [0.5, 0.6) is 0 Å². The first-order chi connectivity index (χ1) is 13.8. The van der Waals surface area contributed by atoms with Gasteiger partial charge in [-0.05, 0) is 43.7 Å². The van der Waals surface area contributed by atoms with Gasteiger partial charge < -0.3 is 9.30 Å². The van der Waals surface area contributed by atoms with E-state index in [0.29, 0.717) is 18.0 Å². The largest absolute Gasteiger partial charge is 0.383 e. The molecule has 2 aromatic carbocycles. The molecule has 0 N–H and O–H groups in total. The Hall–Kier alpha value is -2.29. The third-order valence-electron chi connectivity index (χ3n) is 4.56. The summed E-state index contributed by atoms with van der Waals surface area (Å²) >= 11 is 1.46. The number of amides is 1. The van der Waals surface area contributed by atoms with Crippen molar-refractivity contribution in [2.24, 2.45) is 4.99 Å². The minimum atomic E-state index is -3.32. The van der Waals surface area contributed by atoms with Crippen LogP contribution >= 0.6 is 11.3 Å². The number of thiazole rings is 1. The van der Waals surface area contributed by atoms with Crippen LogP contribution in [0.3, 0.4) is 0 Å². The molecule has 3 aromatic rings. The maximum atomic E-state index is 12.6. The molecule has 0 bridgehead atoms. The average molecular weight is 433 g/mol. The Kier molecular flexibility index (Phi) is 6.66. The summed E-state index contributed by atoms with van der Waals surface area (Å²) in [5.74, 6) is -0.276. The zero-order valence-corrected chi connectivity index (χ0v) is 18.3. The van der Waals surface area contributed by atoms with E-state index < -0.39 is 15.1 Å². The lowest BCUT2D eigenvalue weighted by atomic mass is 10.1. The summed E-state index contributed by atoms with van der Waals surface area (Å²) in [6, 6.07) is 14.4. The van der Waals surface area contributed by atoms with Crippen LogP contribution in [0.4, 0.5) is 0 Å². The van der Waals surface area contributed by atoms with Crippen molar-refractivity contribution in [2.75, 3.05) is 13.7 Å². The number of carbonyl (C=O) groups is 1. The van der Waals surface area contributed by atoms with E-state index >= 15 is 0 Å². The van der Waals surface area contributed by atoms with Crippen LogP contribution in [0.15, 0.2) is 58.4 Å².